The van der Waals surface area contributed by atoms with Crippen LogP contribution in [0.4, 0.5) is 11.4 Å². The van der Waals surface area contributed by atoms with E-state index in [9.17, 15) is 14.9 Å². The van der Waals surface area contributed by atoms with Crippen molar-refractivity contribution in [1.82, 2.24) is 9.78 Å². The standard InChI is InChI=1S/C20H19ClN4O4/c1-12-19(13(2)24(23-12)11-15-6-4-5-7-16(15)21)22-20(26)14-8-9-18(29-3)17(10-14)25(27)28/h4-10H,11H2,1-3H3,(H,22,26). The molecule has 1 heterocycles. The van der Waals surface area contributed by atoms with Gasteiger partial charge in [-0.1, -0.05) is 29.8 Å². The molecular weight excluding hydrogens is 396 g/mol. The molecule has 29 heavy (non-hydrogen) atoms. The second-order valence-electron chi connectivity index (χ2n) is 6.39. The molecule has 0 spiro atoms. The zero-order valence-corrected chi connectivity index (χ0v) is 16.9. The summed E-state index contributed by atoms with van der Waals surface area (Å²) in [4.78, 5) is 23.3. The number of benzene rings is 2. The second kappa shape index (κ2) is 8.32. The number of carbonyl (C=O) groups is 1. The van der Waals surface area contributed by atoms with Gasteiger partial charge in [0, 0.05) is 16.7 Å². The number of nitrogens with zero attached hydrogens (tertiary/aromatic N) is 3. The molecule has 0 radical (unpaired) electrons. The number of aryl methyl sites for hydroxylation is 1. The van der Waals surface area contributed by atoms with Gasteiger partial charge in [-0.2, -0.15) is 5.10 Å². The first-order valence-corrected chi connectivity index (χ1v) is 9.10. The molecule has 2 aromatic carbocycles. The highest BCUT2D eigenvalue weighted by Crippen LogP contribution is 2.29. The van der Waals surface area contributed by atoms with E-state index >= 15 is 0 Å². The van der Waals surface area contributed by atoms with Gasteiger partial charge in [-0.15, -0.1) is 0 Å². The largest absolute Gasteiger partial charge is 0.490 e. The molecule has 0 unspecified atom stereocenters. The Hall–Kier alpha value is -3.39. The minimum absolute atomic E-state index is 0.0893. The molecule has 150 valence electrons. The fourth-order valence-electron chi connectivity index (χ4n) is 2.98. The number of hydrogen-bond acceptors (Lipinski definition) is 5. The van der Waals surface area contributed by atoms with Crippen molar-refractivity contribution in [1.29, 1.82) is 0 Å². The Morgan fingerprint density at radius 1 is 1.28 bits per heavy atom. The van der Waals surface area contributed by atoms with Crippen LogP contribution < -0.4 is 10.1 Å². The highest BCUT2D eigenvalue weighted by Gasteiger charge is 2.20. The summed E-state index contributed by atoms with van der Waals surface area (Å²) < 4.78 is 6.72. The molecule has 0 fully saturated rings. The number of amides is 1. The monoisotopic (exact) mass is 414 g/mol. The van der Waals surface area contributed by atoms with Crippen LogP contribution in [0.1, 0.15) is 27.3 Å². The summed E-state index contributed by atoms with van der Waals surface area (Å²) in [5.74, 6) is -0.384. The third-order valence-electron chi connectivity index (χ3n) is 4.54. The minimum Gasteiger partial charge on any atom is -0.490 e. The lowest BCUT2D eigenvalue weighted by Crippen LogP contribution is -2.14. The Kier molecular flexibility index (Phi) is 5.84. The van der Waals surface area contributed by atoms with Gasteiger partial charge in [0.05, 0.1) is 35.7 Å². The summed E-state index contributed by atoms with van der Waals surface area (Å²) in [5, 5.41) is 19.1. The minimum atomic E-state index is -0.590. The molecule has 1 N–H and O–H groups in total. The molecule has 0 aliphatic rings. The zero-order valence-electron chi connectivity index (χ0n) is 16.1. The molecule has 0 aliphatic heterocycles. The van der Waals surface area contributed by atoms with Crippen LogP contribution in [0.5, 0.6) is 5.75 Å². The Morgan fingerprint density at radius 3 is 2.66 bits per heavy atom. The van der Waals surface area contributed by atoms with Crippen molar-refractivity contribution in [2.75, 3.05) is 12.4 Å². The highest BCUT2D eigenvalue weighted by atomic mass is 35.5. The van der Waals surface area contributed by atoms with Crippen LogP contribution in [-0.4, -0.2) is 27.7 Å². The maximum absolute atomic E-state index is 12.7. The Balaban J connectivity index is 1.86. The molecule has 1 aromatic heterocycles. The van der Waals surface area contributed by atoms with Gasteiger partial charge >= 0.3 is 5.69 Å². The SMILES string of the molecule is COc1ccc(C(=O)Nc2c(C)nn(Cc3ccccc3Cl)c2C)cc1[N+](=O)[O-]. The number of hydrogen-bond donors (Lipinski definition) is 1. The molecule has 0 saturated carbocycles. The van der Waals surface area contributed by atoms with E-state index in [4.69, 9.17) is 16.3 Å². The quantitative estimate of drug-likeness (QED) is 0.477. The Bertz CT molecular complexity index is 1090. The van der Waals surface area contributed by atoms with E-state index in [2.05, 4.69) is 10.4 Å². The maximum atomic E-state index is 12.7. The molecule has 1 amide bonds. The number of halogens is 1. The maximum Gasteiger partial charge on any atom is 0.311 e. The number of methoxy groups -OCH3 is 1. The molecule has 0 aliphatic carbocycles. The van der Waals surface area contributed by atoms with Crippen molar-refractivity contribution in [3.05, 3.63) is 80.1 Å². The molecule has 9 heteroatoms. The van der Waals surface area contributed by atoms with Gasteiger partial charge in [0.2, 0.25) is 0 Å². The first-order valence-electron chi connectivity index (χ1n) is 8.73. The molecule has 0 saturated heterocycles. The molecular formula is C20H19ClN4O4. The van der Waals surface area contributed by atoms with Gasteiger partial charge in [0.15, 0.2) is 5.75 Å². The van der Waals surface area contributed by atoms with Crippen molar-refractivity contribution in [2.24, 2.45) is 0 Å². The zero-order chi connectivity index (χ0) is 21.1. The third-order valence-corrected chi connectivity index (χ3v) is 4.90. The number of rotatable bonds is 6. The summed E-state index contributed by atoms with van der Waals surface area (Å²) in [6, 6.07) is 11.5. The third kappa shape index (κ3) is 4.22. The van der Waals surface area contributed by atoms with E-state index in [1.165, 1.54) is 25.3 Å². The smallest absolute Gasteiger partial charge is 0.311 e. The van der Waals surface area contributed by atoms with Gasteiger partial charge in [-0.05, 0) is 37.6 Å². The van der Waals surface area contributed by atoms with E-state index in [0.29, 0.717) is 22.9 Å². The first kappa shape index (κ1) is 20.3. The highest BCUT2D eigenvalue weighted by molar-refractivity contribution is 6.31. The second-order valence-corrected chi connectivity index (χ2v) is 6.80. The predicted octanol–water partition coefficient (Wildman–Crippen LogP) is 4.37. The molecule has 0 bridgehead atoms. The van der Waals surface area contributed by atoms with Crippen LogP contribution in [0.3, 0.4) is 0 Å². The van der Waals surface area contributed by atoms with E-state index in [0.717, 1.165) is 11.3 Å². The fraction of sp³-hybridized carbons (Fsp3) is 0.200. The number of aromatic nitrogens is 2. The average molecular weight is 415 g/mol. The van der Waals surface area contributed by atoms with Gasteiger partial charge < -0.3 is 10.1 Å². The lowest BCUT2D eigenvalue weighted by atomic mass is 10.1. The van der Waals surface area contributed by atoms with Crippen LogP contribution in [-0.2, 0) is 6.54 Å². The van der Waals surface area contributed by atoms with Crippen molar-refractivity contribution < 1.29 is 14.5 Å². The molecule has 8 nitrogen and oxygen atoms in total. The summed E-state index contributed by atoms with van der Waals surface area (Å²) in [5.41, 5.74) is 2.71. The van der Waals surface area contributed by atoms with Gasteiger partial charge in [-0.3, -0.25) is 19.6 Å². The van der Waals surface area contributed by atoms with E-state index in [1.54, 1.807) is 11.6 Å². The number of carbonyl (C=O) groups excluding carboxylic acids is 1. The normalized spacial score (nSPS) is 10.6. The first-order chi connectivity index (χ1) is 13.8. The summed E-state index contributed by atoms with van der Waals surface area (Å²) in [6.45, 7) is 4.07. The van der Waals surface area contributed by atoms with Crippen LogP contribution in [0.2, 0.25) is 5.02 Å². The van der Waals surface area contributed by atoms with Crippen LogP contribution in [0.25, 0.3) is 0 Å². The Labute approximate surface area is 172 Å². The lowest BCUT2D eigenvalue weighted by molar-refractivity contribution is -0.385. The van der Waals surface area contributed by atoms with E-state index in [-0.39, 0.29) is 17.0 Å². The summed E-state index contributed by atoms with van der Waals surface area (Å²) in [6.07, 6.45) is 0. The van der Waals surface area contributed by atoms with Crippen molar-refractivity contribution in [3.8, 4) is 5.75 Å². The number of anilines is 1. The van der Waals surface area contributed by atoms with Gasteiger partial charge in [0.25, 0.3) is 5.91 Å². The number of nitro benzene ring substituents is 1. The van der Waals surface area contributed by atoms with Gasteiger partial charge in [0.1, 0.15) is 0 Å². The fourth-order valence-corrected chi connectivity index (χ4v) is 3.17. The molecule has 3 rings (SSSR count). The number of nitrogens with one attached hydrogen (secondary N) is 1. The van der Waals surface area contributed by atoms with Crippen LogP contribution in [0.15, 0.2) is 42.5 Å². The molecule has 3 aromatic rings. The number of nitro groups is 1. The Morgan fingerprint density at radius 2 is 2.00 bits per heavy atom. The van der Waals surface area contributed by atoms with Crippen LogP contribution >= 0.6 is 11.6 Å². The number of ether oxygens (including phenoxy) is 1. The van der Waals surface area contributed by atoms with Crippen molar-refractivity contribution in [3.63, 3.8) is 0 Å². The predicted molar refractivity (Wildman–Crippen MR) is 110 cm³/mol. The van der Waals surface area contributed by atoms with Crippen LogP contribution in [0, 0.1) is 24.0 Å². The topological polar surface area (TPSA) is 99.3 Å². The summed E-state index contributed by atoms with van der Waals surface area (Å²) >= 11 is 6.23. The van der Waals surface area contributed by atoms with E-state index in [1.807, 2.05) is 31.2 Å². The average Bonchev–Trinajstić information content (AvgIpc) is 2.96. The lowest BCUT2D eigenvalue weighted by Gasteiger charge is -2.09. The van der Waals surface area contributed by atoms with Crippen molar-refractivity contribution in [2.45, 2.75) is 20.4 Å². The van der Waals surface area contributed by atoms with E-state index < -0.39 is 10.8 Å². The van der Waals surface area contributed by atoms with Gasteiger partial charge in [-0.25, -0.2) is 0 Å². The molecule has 0 atom stereocenters. The summed E-state index contributed by atoms with van der Waals surface area (Å²) in [7, 11) is 1.34. The van der Waals surface area contributed by atoms with Crippen molar-refractivity contribution >= 4 is 28.9 Å².